The monoisotopic (exact) mass is 301 g/mol. The van der Waals surface area contributed by atoms with Gasteiger partial charge >= 0.3 is 0 Å². The molecule has 2 aromatic rings. The number of anilines is 1. The Morgan fingerprint density at radius 1 is 1.32 bits per heavy atom. The molecule has 0 aliphatic carbocycles. The van der Waals surface area contributed by atoms with E-state index in [1.54, 1.807) is 18.9 Å². The van der Waals surface area contributed by atoms with Gasteiger partial charge in [0.2, 0.25) is 0 Å². The van der Waals surface area contributed by atoms with E-state index in [1.807, 2.05) is 16.8 Å². The molecule has 0 aromatic carbocycles. The van der Waals surface area contributed by atoms with Crippen molar-refractivity contribution in [2.24, 2.45) is 0 Å². The van der Waals surface area contributed by atoms with Crippen molar-refractivity contribution >= 4 is 5.82 Å². The zero-order chi connectivity index (χ0) is 14.8. The highest BCUT2D eigenvalue weighted by Crippen LogP contribution is 2.33. The molecular weight excluding hydrogens is 282 g/mol. The maximum Gasteiger partial charge on any atom is 0.143 e. The van der Waals surface area contributed by atoms with Crippen LogP contribution in [0.2, 0.25) is 0 Å². The number of nitrogens with one attached hydrogen (secondary N) is 1. The number of rotatable bonds is 3. The summed E-state index contributed by atoms with van der Waals surface area (Å²) in [5.74, 6) is 1.64. The molecule has 2 aromatic heterocycles. The maximum atomic E-state index is 5.97. The summed E-state index contributed by atoms with van der Waals surface area (Å²) < 4.78 is 13.3. The molecule has 2 aliphatic heterocycles. The van der Waals surface area contributed by atoms with Crippen molar-refractivity contribution < 1.29 is 9.47 Å². The van der Waals surface area contributed by atoms with Crippen LogP contribution in [0.1, 0.15) is 19.3 Å². The van der Waals surface area contributed by atoms with Crippen LogP contribution in [-0.2, 0) is 9.47 Å². The van der Waals surface area contributed by atoms with Gasteiger partial charge in [-0.3, -0.25) is 4.57 Å². The van der Waals surface area contributed by atoms with Crippen molar-refractivity contribution in [3.8, 4) is 5.82 Å². The van der Waals surface area contributed by atoms with Crippen LogP contribution in [0.25, 0.3) is 5.82 Å². The summed E-state index contributed by atoms with van der Waals surface area (Å²) in [4.78, 5) is 12.6. The first kappa shape index (κ1) is 13.7. The van der Waals surface area contributed by atoms with Gasteiger partial charge in [-0.25, -0.2) is 15.0 Å². The van der Waals surface area contributed by atoms with E-state index in [4.69, 9.17) is 9.47 Å². The highest BCUT2D eigenvalue weighted by molar-refractivity contribution is 5.41. The van der Waals surface area contributed by atoms with Crippen molar-refractivity contribution in [3.63, 3.8) is 0 Å². The van der Waals surface area contributed by atoms with Crippen LogP contribution < -0.4 is 5.32 Å². The summed E-state index contributed by atoms with van der Waals surface area (Å²) in [7, 11) is 0. The van der Waals surface area contributed by atoms with Crippen LogP contribution in [0.5, 0.6) is 0 Å². The minimum absolute atomic E-state index is 0.101. The zero-order valence-electron chi connectivity index (χ0n) is 12.3. The smallest absolute Gasteiger partial charge is 0.143 e. The fourth-order valence-electron chi connectivity index (χ4n) is 3.19. The Bertz CT molecular complexity index is 625. The summed E-state index contributed by atoms with van der Waals surface area (Å²) >= 11 is 0. The molecule has 0 radical (unpaired) electrons. The fourth-order valence-corrected chi connectivity index (χ4v) is 3.19. The predicted octanol–water partition coefficient (Wildman–Crippen LogP) is 1.41. The summed E-state index contributed by atoms with van der Waals surface area (Å²) in [6.45, 7) is 2.26. The Morgan fingerprint density at radius 2 is 2.32 bits per heavy atom. The molecule has 2 aliphatic rings. The van der Waals surface area contributed by atoms with Crippen LogP contribution in [-0.4, -0.2) is 51.0 Å². The van der Waals surface area contributed by atoms with Crippen molar-refractivity contribution in [2.75, 3.05) is 25.1 Å². The predicted molar refractivity (Wildman–Crippen MR) is 79.9 cm³/mol. The molecule has 22 heavy (non-hydrogen) atoms. The van der Waals surface area contributed by atoms with Gasteiger partial charge in [-0.1, -0.05) is 0 Å². The zero-order valence-corrected chi connectivity index (χ0v) is 12.3. The number of imidazole rings is 1. The van der Waals surface area contributed by atoms with Gasteiger partial charge in [0.1, 0.15) is 24.3 Å². The second-order valence-electron chi connectivity index (χ2n) is 5.90. The molecule has 1 N–H and O–H groups in total. The van der Waals surface area contributed by atoms with Gasteiger partial charge in [0.25, 0.3) is 0 Å². The molecule has 7 nitrogen and oxygen atoms in total. The lowest BCUT2D eigenvalue weighted by molar-refractivity contribution is -0.0829. The highest BCUT2D eigenvalue weighted by Gasteiger charge is 2.41. The first-order valence-electron chi connectivity index (χ1n) is 7.62. The Hall–Kier alpha value is -1.99. The minimum Gasteiger partial charge on any atom is -0.378 e. The lowest BCUT2D eigenvalue weighted by Gasteiger charge is -2.37. The molecule has 0 amide bonds. The fraction of sp³-hybridized carbons (Fsp3) is 0.533. The van der Waals surface area contributed by atoms with Gasteiger partial charge in [0.05, 0.1) is 12.2 Å². The normalized spacial score (nSPS) is 28.1. The Kier molecular flexibility index (Phi) is 3.51. The first-order valence-corrected chi connectivity index (χ1v) is 7.62. The molecule has 2 unspecified atom stereocenters. The summed E-state index contributed by atoms with van der Waals surface area (Å²) in [6, 6.07) is 2.29. The van der Waals surface area contributed by atoms with E-state index in [-0.39, 0.29) is 5.60 Å². The van der Waals surface area contributed by atoms with Gasteiger partial charge in [-0.2, -0.15) is 0 Å². The van der Waals surface area contributed by atoms with Gasteiger partial charge < -0.3 is 14.8 Å². The average Bonchev–Trinajstić information content (AvgIpc) is 3.20. The standard InChI is InChI=1S/C15H19N5O2/c1-5-22-15(2-6-21-9-15)8-12(1)19-13-7-14(18-10-17-13)20-4-3-16-11-20/h3-4,7,10-12H,1-2,5-6,8-9H2,(H,17,18,19). The van der Waals surface area contributed by atoms with Crippen LogP contribution in [0, 0.1) is 0 Å². The van der Waals surface area contributed by atoms with Gasteiger partial charge in [-0.15, -0.1) is 0 Å². The Labute approximate surface area is 128 Å². The highest BCUT2D eigenvalue weighted by atomic mass is 16.6. The van der Waals surface area contributed by atoms with E-state index in [2.05, 4.69) is 20.3 Å². The number of hydrogen-bond acceptors (Lipinski definition) is 6. The van der Waals surface area contributed by atoms with E-state index in [9.17, 15) is 0 Å². The van der Waals surface area contributed by atoms with E-state index >= 15 is 0 Å². The molecule has 0 saturated carbocycles. The van der Waals surface area contributed by atoms with Gasteiger partial charge in [0, 0.05) is 44.1 Å². The summed E-state index contributed by atoms with van der Waals surface area (Å²) in [6.07, 6.45) is 9.82. The number of aromatic nitrogens is 4. The molecule has 2 atom stereocenters. The molecule has 2 saturated heterocycles. The molecule has 1 spiro atoms. The van der Waals surface area contributed by atoms with Crippen LogP contribution in [0.15, 0.2) is 31.1 Å². The molecule has 2 fully saturated rings. The van der Waals surface area contributed by atoms with E-state index in [1.165, 1.54) is 0 Å². The Balaban J connectivity index is 1.48. The van der Waals surface area contributed by atoms with Crippen LogP contribution >= 0.6 is 0 Å². The largest absolute Gasteiger partial charge is 0.378 e. The van der Waals surface area contributed by atoms with Crippen LogP contribution in [0.4, 0.5) is 5.82 Å². The average molecular weight is 301 g/mol. The summed E-state index contributed by atoms with van der Waals surface area (Å²) in [5, 5.41) is 3.51. The van der Waals surface area contributed by atoms with Gasteiger partial charge in [0.15, 0.2) is 0 Å². The third-order valence-corrected chi connectivity index (χ3v) is 4.33. The minimum atomic E-state index is -0.101. The number of nitrogens with zero attached hydrogens (tertiary/aromatic N) is 4. The number of hydrogen-bond donors (Lipinski definition) is 1. The molecule has 4 rings (SSSR count). The second kappa shape index (κ2) is 5.66. The molecular formula is C15H19N5O2. The van der Waals surface area contributed by atoms with E-state index in [0.29, 0.717) is 12.6 Å². The quantitative estimate of drug-likeness (QED) is 0.924. The number of ether oxygens (including phenoxy) is 2. The van der Waals surface area contributed by atoms with Crippen molar-refractivity contribution in [1.82, 2.24) is 19.5 Å². The maximum absolute atomic E-state index is 5.97. The lowest BCUT2D eigenvalue weighted by atomic mass is 9.90. The molecule has 4 heterocycles. The third kappa shape index (κ3) is 2.69. The second-order valence-corrected chi connectivity index (χ2v) is 5.90. The first-order chi connectivity index (χ1) is 10.8. The van der Waals surface area contributed by atoms with Crippen LogP contribution in [0.3, 0.4) is 0 Å². The van der Waals surface area contributed by atoms with Crippen molar-refractivity contribution in [1.29, 1.82) is 0 Å². The summed E-state index contributed by atoms with van der Waals surface area (Å²) in [5.41, 5.74) is -0.101. The van der Waals surface area contributed by atoms with E-state index in [0.717, 1.165) is 44.1 Å². The van der Waals surface area contributed by atoms with Crippen molar-refractivity contribution in [2.45, 2.75) is 30.9 Å². The van der Waals surface area contributed by atoms with Gasteiger partial charge in [-0.05, 0) is 12.8 Å². The Morgan fingerprint density at radius 3 is 3.14 bits per heavy atom. The lowest BCUT2D eigenvalue weighted by Crippen LogP contribution is -2.45. The van der Waals surface area contributed by atoms with E-state index < -0.39 is 0 Å². The topological polar surface area (TPSA) is 74.1 Å². The van der Waals surface area contributed by atoms with Crippen molar-refractivity contribution in [3.05, 3.63) is 31.1 Å². The molecule has 116 valence electrons. The molecule has 0 bridgehead atoms. The SMILES string of the molecule is c1cn(-c2cc(NC3CCOC4(CCOC4)C3)ncn2)cn1. The molecule has 7 heteroatoms. The third-order valence-electron chi connectivity index (χ3n) is 4.33.